The van der Waals surface area contributed by atoms with Crippen LogP contribution < -0.4 is 29.9 Å². The number of fused-ring (bicyclic) bond motifs is 1. The Labute approximate surface area is 202 Å². The second-order valence-electron chi connectivity index (χ2n) is 7.78. The van der Waals surface area contributed by atoms with Crippen molar-refractivity contribution in [1.82, 2.24) is 0 Å². The number of anilines is 1. The van der Waals surface area contributed by atoms with Gasteiger partial charge in [-0.2, -0.15) is 0 Å². The number of aryl methyl sites for hydroxylation is 1. The predicted octanol–water partition coefficient (Wildman–Crippen LogP) is 4.45. The highest BCUT2D eigenvalue weighted by molar-refractivity contribution is 5.91. The number of rotatable bonds is 7. The quantitative estimate of drug-likeness (QED) is 0.482. The van der Waals surface area contributed by atoms with Crippen LogP contribution in [0, 0.1) is 6.92 Å². The lowest BCUT2D eigenvalue weighted by molar-refractivity contribution is -0.274. The van der Waals surface area contributed by atoms with Crippen molar-refractivity contribution >= 4 is 11.6 Å². The largest absolute Gasteiger partial charge is 0.573 e. The Kier molecular flexibility index (Phi) is 6.69. The molecule has 1 unspecified atom stereocenters. The Morgan fingerprint density at radius 3 is 2.53 bits per heavy atom. The van der Waals surface area contributed by atoms with E-state index < -0.39 is 29.6 Å². The van der Waals surface area contributed by atoms with Crippen molar-refractivity contribution in [2.24, 2.45) is 0 Å². The van der Waals surface area contributed by atoms with Gasteiger partial charge in [-0.15, -0.1) is 13.2 Å². The maximum absolute atomic E-state index is 12.9. The van der Waals surface area contributed by atoms with E-state index in [1.54, 1.807) is 12.1 Å². The average molecular weight is 507 g/mol. The number of hydrogen-bond acceptors (Lipinski definition) is 8. The number of amides is 1. The predicted molar refractivity (Wildman–Crippen MR) is 119 cm³/mol. The van der Waals surface area contributed by atoms with Crippen LogP contribution >= 0.6 is 0 Å². The molecular formula is C24H20F3NO8. The topological polar surface area (TPSA) is 116 Å². The summed E-state index contributed by atoms with van der Waals surface area (Å²) in [4.78, 5) is 25.6. The lowest BCUT2D eigenvalue weighted by Gasteiger charge is -2.19. The van der Waals surface area contributed by atoms with Gasteiger partial charge in [-0.25, -0.2) is 4.79 Å². The number of aromatic hydroxyl groups is 1. The minimum absolute atomic E-state index is 0.0493. The van der Waals surface area contributed by atoms with Gasteiger partial charge >= 0.3 is 12.0 Å². The highest BCUT2D eigenvalue weighted by Crippen LogP contribution is 2.45. The Morgan fingerprint density at radius 2 is 1.89 bits per heavy atom. The molecule has 0 saturated carbocycles. The van der Waals surface area contributed by atoms with E-state index in [0.717, 1.165) is 12.1 Å². The molecule has 36 heavy (non-hydrogen) atoms. The SMILES string of the molecule is COc1cc(C(CC(=O)Nc2ccc(OC(F)(F)F)cc2)c2c(O)cc(C)oc2=O)cc2c1OCO2. The number of carbonyl (C=O) groups is 1. The number of benzene rings is 2. The van der Waals surface area contributed by atoms with Crippen LogP contribution in [0.4, 0.5) is 18.9 Å². The molecule has 2 heterocycles. The van der Waals surface area contributed by atoms with E-state index in [1.807, 2.05) is 0 Å². The highest BCUT2D eigenvalue weighted by atomic mass is 19.4. The molecule has 1 amide bonds. The number of nitrogens with one attached hydrogen (secondary N) is 1. The Morgan fingerprint density at radius 1 is 1.17 bits per heavy atom. The third-order valence-electron chi connectivity index (χ3n) is 5.28. The Bertz CT molecular complexity index is 1330. The lowest BCUT2D eigenvalue weighted by Crippen LogP contribution is -2.21. The van der Waals surface area contributed by atoms with Crippen molar-refractivity contribution in [1.29, 1.82) is 0 Å². The van der Waals surface area contributed by atoms with Crippen molar-refractivity contribution in [2.75, 3.05) is 19.2 Å². The summed E-state index contributed by atoms with van der Waals surface area (Å²) in [5, 5.41) is 13.1. The summed E-state index contributed by atoms with van der Waals surface area (Å²) < 4.78 is 62.3. The van der Waals surface area contributed by atoms with Crippen molar-refractivity contribution in [3.05, 3.63) is 69.8 Å². The van der Waals surface area contributed by atoms with Crippen LogP contribution in [0.1, 0.15) is 29.2 Å². The van der Waals surface area contributed by atoms with Crippen molar-refractivity contribution in [3.8, 4) is 28.7 Å². The monoisotopic (exact) mass is 507 g/mol. The van der Waals surface area contributed by atoms with Crippen molar-refractivity contribution in [2.45, 2.75) is 25.6 Å². The van der Waals surface area contributed by atoms with Crippen LogP contribution in [-0.4, -0.2) is 31.3 Å². The van der Waals surface area contributed by atoms with Gasteiger partial charge in [-0.3, -0.25) is 4.79 Å². The third-order valence-corrected chi connectivity index (χ3v) is 5.28. The summed E-state index contributed by atoms with van der Waals surface area (Å²) in [5.41, 5.74) is -0.412. The molecule has 12 heteroatoms. The first-order valence-corrected chi connectivity index (χ1v) is 10.5. The minimum Gasteiger partial charge on any atom is -0.507 e. The van der Waals surface area contributed by atoms with E-state index in [2.05, 4.69) is 10.1 Å². The Hall–Kier alpha value is -4.35. The van der Waals surface area contributed by atoms with Crippen LogP contribution in [0.2, 0.25) is 0 Å². The molecule has 1 atom stereocenters. The van der Waals surface area contributed by atoms with Gasteiger partial charge in [0.2, 0.25) is 18.4 Å². The molecule has 0 fully saturated rings. The standard InChI is InChI=1S/C24H20F3NO8/c1-12-7-17(29)21(23(31)35-12)16(13-8-18(32-2)22-19(9-13)33-11-34-22)10-20(30)28-14-3-5-15(6-4-14)36-24(25,26)27/h3-9,16,29H,10-11H2,1-2H3,(H,28,30). The molecule has 0 radical (unpaired) electrons. The normalized spacial score (nSPS) is 13.2. The molecule has 0 aliphatic carbocycles. The van der Waals surface area contributed by atoms with Crippen LogP contribution in [0.15, 0.2) is 51.7 Å². The number of methoxy groups -OCH3 is 1. The molecule has 3 aromatic rings. The molecule has 190 valence electrons. The molecule has 1 aliphatic rings. The molecule has 0 spiro atoms. The molecule has 0 saturated heterocycles. The first-order chi connectivity index (χ1) is 17.0. The number of alkyl halides is 3. The second kappa shape index (κ2) is 9.72. The first-order valence-electron chi connectivity index (χ1n) is 10.5. The number of ether oxygens (including phenoxy) is 4. The second-order valence-corrected chi connectivity index (χ2v) is 7.78. The number of carbonyl (C=O) groups excluding carboxylic acids is 1. The van der Waals surface area contributed by atoms with E-state index >= 15 is 0 Å². The zero-order chi connectivity index (χ0) is 26.0. The van der Waals surface area contributed by atoms with E-state index in [1.165, 1.54) is 32.2 Å². The zero-order valence-corrected chi connectivity index (χ0v) is 19.0. The maximum Gasteiger partial charge on any atom is 0.573 e. The molecule has 1 aromatic heterocycles. The lowest BCUT2D eigenvalue weighted by atomic mass is 9.88. The summed E-state index contributed by atoms with van der Waals surface area (Å²) >= 11 is 0. The van der Waals surface area contributed by atoms with E-state index in [-0.39, 0.29) is 36.0 Å². The van der Waals surface area contributed by atoms with Gasteiger partial charge in [-0.1, -0.05) is 0 Å². The van der Waals surface area contributed by atoms with E-state index in [4.69, 9.17) is 18.6 Å². The molecule has 9 nitrogen and oxygen atoms in total. The summed E-state index contributed by atoms with van der Waals surface area (Å²) in [6.07, 6.45) is -5.19. The average Bonchev–Trinajstić information content (AvgIpc) is 3.26. The molecular weight excluding hydrogens is 487 g/mol. The molecule has 2 aromatic carbocycles. The van der Waals surface area contributed by atoms with Crippen LogP contribution in [0.25, 0.3) is 0 Å². The smallest absolute Gasteiger partial charge is 0.507 e. The van der Waals surface area contributed by atoms with Gasteiger partial charge in [0, 0.05) is 24.1 Å². The van der Waals surface area contributed by atoms with Gasteiger partial charge < -0.3 is 33.8 Å². The number of hydrogen-bond donors (Lipinski definition) is 2. The van der Waals surface area contributed by atoms with Crippen molar-refractivity contribution in [3.63, 3.8) is 0 Å². The van der Waals surface area contributed by atoms with Gasteiger partial charge in [0.15, 0.2) is 11.5 Å². The fraction of sp³-hybridized carbons (Fsp3) is 0.250. The maximum atomic E-state index is 12.9. The molecule has 4 rings (SSSR count). The van der Waals surface area contributed by atoms with Gasteiger partial charge in [0.25, 0.3) is 0 Å². The minimum atomic E-state index is -4.85. The van der Waals surface area contributed by atoms with Gasteiger partial charge in [-0.05, 0) is 48.9 Å². The summed E-state index contributed by atoms with van der Waals surface area (Å²) in [7, 11) is 1.41. The fourth-order valence-electron chi connectivity index (χ4n) is 3.80. The molecule has 2 N–H and O–H groups in total. The van der Waals surface area contributed by atoms with Gasteiger partial charge in [0.05, 0.1) is 12.7 Å². The molecule has 1 aliphatic heterocycles. The van der Waals surface area contributed by atoms with Crippen LogP contribution in [0.3, 0.4) is 0 Å². The third kappa shape index (κ3) is 5.48. The molecule has 0 bridgehead atoms. The van der Waals surface area contributed by atoms with Crippen LogP contribution in [-0.2, 0) is 4.79 Å². The summed E-state index contributed by atoms with van der Waals surface area (Å²) in [5.74, 6) is -1.27. The number of halogens is 3. The van der Waals surface area contributed by atoms with Gasteiger partial charge in [0.1, 0.15) is 17.3 Å². The van der Waals surface area contributed by atoms with E-state index in [0.29, 0.717) is 22.8 Å². The van der Waals surface area contributed by atoms with Crippen molar-refractivity contribution < 1.29 is 46.4 Å². The summed E-state index contributed by atoms with van der Waals surface area (Å²) in [6.45, 7) is 1.44. The fourth-order valence-corrected chi connectivity index (χ4v) is 3.80. The first kappa shape index (κ1) is 24.8. The highest BCUT2D eigenvalue weighted by Gasteiger charge is 2.31. The van der Waals surface area contributed by atoms with E-state index in [9.17, 15) is 27.9 Å². The Balaban J connectivity index is 1.65. The zero-order valence-electron chi connectivity index (χ0n) is 19.0. The summed E-state index contributed by atoms with van der Waals surface area (Å²) in [6, 6.07) is 8.92. The van der Waals surface area contributed by atoms with Crippen LogP contribution in [0.5, 0.6) is 28.7 Å².